The maximum absolute atomic E-state index is 13.6. The molecule has 0 spiro atoms. The van der Waals surface area contributed by atoms with Gasteiger partial charge in [0.05, 0.1) is 12.6 Å². The summed E-state index contributed by atoms with van der Waals surface area (Å²) < 4.78 is 19.2. The highest BCUT2D eigenvalue weighted by Crippen LogP contribution is 2.35. The zero-order valence-electron chi connectivity index (χ0n) is 15.7. The van der Waals surface area contributed by atoms with Gasteiger partial charge in [-0.15, -0.1) is 0 Å². The highest BCUT2D eigenvalue weighted by Gasteiger charge is 2.25. The minimum atomic E-state index is -0.222. The van der Waals surface area contributed by atoms with Crippen LogP contribution in [0, 0.1) is 5.82 Å². The minimum absolute atomic E-state index is 0.0277. The van der Waals surface area contributed by atoms with Crippen LogP contribution in [0.4, 0.5) is 4.39 Å². The van der Waals surface area contributed by atoms with Gasteiger partial charge in [-0.2, -0.15) is 0 Å². The van der Waals surface area contributed by atoms with Crippen LogP contribution in [0.25, 0.3) is 10.9 Å². The monoisotopic (exact) mass is 378 g/mol. The van der Waals surface area contributed by atoms with Crippen LogP contribution < -0.4 is 10.1 Å². The SMILES string of the molecule is O=C(CCc1ccc2c(c1)CCO2)NC1CCCc2c1[nH]c1ccc(F)cc21. The lowest BCUT2D eigenvalue weighted by Gasteiger charge is -2.24. The summed E-state index contributed by atoms with van der Waals surface area (Å²) in [5, 5.41) is 4.12. The topological polar surface area (TPSA) is 54.1 Å². The van der Waals surface area contributed by atoms with Gasteiger partial charge in [0.1, 0.15) is 11.6 Å². The van der Waals surface area contributed by atoms with Crippen molar-refractivity contribution in [1.29, 1.82) is 0 Å². The highest BCUT2D eigenvalue weighted by molar-refractivity contribution is 5.85. The molecule has 1 aliphatic heterocycles. The standard InChI is InChI=1S/C23H23FN2O2/c24-16-6-7-19-18(13-16)17-2-1-3-20(23(17)26-19)25-22(27)9-5-14-4-8-21-15(12-14)10-11-28-21/h4,6-8,12-13,20,26H,1-3,5,9-11H2,(H,25,27). The number of aromatic nitrogens is 1. The number of fused-ring (bicyclic) bond motifs is 4. The molecule has 2 heterocycles. The van der Waals surface area contributed by atoms with Crippen molar-refractivity contribution in [3.63, 3.8) is 0 Å². The molecule has 1 aliphatic carbocycles. The molecular formula is C23H23FN2O2. The van der Waals surface area contributed by atoms with Crippen LogP contribution in [0.3, 0.4) is 0 Å². The predicted molar refractivity (Wildman–Crippen MR) is 106 cm³/mol. The van der Waals surface area contributed by atoms with Crippen molar-refractivity contribution in [2.75, 3.05) is 6.61 Å². The Morgan fingerprint density at radius 1 is 1.21 bits per heavy atom. The van der Waals surface area contributed by atoms with Crippen molar-refractivity contribution in [2.24, 2.45) is 0 Å². The molecule has 3 aromatic rings. The number of carbonyl (C=O) groups is 1. The van der Waals surface area contributed by atoms with E-state index in [2.05, 4.69) is 16.4 Å². The number of ether oxygens (including phenoxy) is 1. The van der Waals surface area contributed by atoms with Gasteiger partial charge in [0.25, 0.3) is 0 Å². The summed E-state index contributed by atoms with van der Waals surface area (Å²) in [7, 11) is 0. The second-order valence-corrected chi connectivity index (χ2v) is 7.76. The molecule has 144 valence electrons. The molecule has 2 aromatic carbocycles. The van der Waals surface area contributed by atoms with Gasteiger partial charge in [0, 0.05) is 29.4 Å². The van der Waals surface area contributed by atoms with Gasteiger partial charge in [0.15, 0.2) is 0 Å². The average molecular weight is 378 g/mol. The van der Waals surface area contributed by atoms with Crippen molar-refractivity contribution in [2.45, 2.75) is 44.6 Å². The Kier molecular flexibility index (Phi) is 4.30. The molecule has 0 radical (unpaired) electrons. The fourth-order valence-corrected chi connectivity index (χ4v) is 4.50. The van der Waals surface area contributed by atoms with E-state index in [1.54, 1.807) is 12.1 Å². The lowest BCUT2D eigenvalue weighted by Crippen LogP contribution is -2.31. The highest BCUT2D eigenvalue weighted by atomic mass is 19.1. The number of aryl methyl sites for hydroxylation is 2. The summed E-state index contributed by atoms with van der Waals surface area (Å²) in [6, 6.07) is 11.0. The molecule has 28 heavy (non-hydrogen) atoms. The zero-order chi connectivity index (χ0) is 19.1. The Morgan fingerprint density at radius 2 is 2.14 bits per heavy atom. The van der Waals surface area contributed by atoms with E-state index in [1.807, 2.05) is 12.1 Å². The number of carbonyl (C=O) groups excluding carboxylic acids is 1. The Balaban J connectivity index is 1.28. The molecule has 4 nitrogen and oxygen atoms in total. The second kappa shape index (κ2) is 6.97. The van der Waals surface area contributed by atoms with Crippen LogP contribution in [0.2, 0.25) is 0 Å². The van der Waals surface area contributed by atoms with Gasteiger partial charge in [0.2, 0.25) is 5.91 Å². The fraction of sp³-hybridized carbons (Fsp3) is 0.348. The van der Waals surface area contributed by atoms with Crippen molar-refractivity contribution >= 4 is 16.8 Å². The quantitative estimate of drug-likeness (QED) is 0.708. The fourth-order valence-electron chi connectivity index (χ4n) is 4.50. The average Bonchev–Trinajstić information content (AvgIpc) is 3.31. The molecule has 1 aromatic heterocycles. The minimum Gasteiger partial charge on any atom is -0.493 e. The molecule has 2 N–H and O–H groups in total. The summed E-state index contributed by atoms with van der Waals surface area (Å²) in [5.41, 5.74) is 5.53. The third kappa shape index (κ3) is 3.15. The van der Waals surface area contributed by atoms with Gasteiger partial charge in [-0.25, -0.2) is 4.39 Å². The van der Waals surface area contributed by atoms with E-state index < -0.39 is 0 Å². The largest absolute Gasteiger partial charge is 0.493 e. The Morgan fingerprint density at radius 3 is 3.07 bits per heavy atom. The van der Waals surface area contributed by atoms with E-state index in [0.29, 0.717) is 6.42 Å². The Labute approximate surface area is 163 Å². The Bertz CT molecular complexity index is 1060. The number of halogens is 1. The van der Waals surface area contributed by atoms with Gasteiger partial charge in [-0.3, -0.25) is 4.79 Å². The molecular weight excluding hydrogens is 355 g/mol. The molecule has 0 saturated carbocycles. The molecule has 5 heteroatoms. The third-order valence-corrected chi connectivity index (χ3v) is 5.90. The lowest BCUT2D eigenvalue weighted by molar-refractivity contribution is -0.121. The van der Waals surface area contributed by atoms with E-state index in [1.165, 1.54) is 17.2 Å². The van der Waals surface area contributed by atoms with E-state index in [4.69, 9.17) is 4.74 Å². The first-order valence-electron chi connectivity index (χ1n) is 10.0. The molecule has 1 amide bonds. The van der Waals surface area contributed by atoms with Crippen LogP contribution in [0.1, 0.15) is 47.7 Å². The van der Waals surface area contributed by atoms with E-state index in [9.17, 15) is 9.18 Å². The maximum atomic E-state index is 13.6. The smallest absolute Gasteiger partial charge is 0.220 e. The first kappa shape index (κ1) is 17.3. The van der Waals surface area contributed by atoms with Crippen molar-refractivity contribution in [1.82, 2.24) is 10.3 Å². The normalized spacial score (nSPS) is 17.8. The van der Waals surface area contributed by atoms with Crippen LogP contribution in [0.5, 0.6) is 5.75 Å². The van der Waals surface area contributed by atoms with Crippen LogP contribution in [-0.2, 0) is 24.1 Å². The second-order valence-electron chi connectivity index (χ2n) is 7.76. The number of amides is 1. The first-order chi connectivity index (χ1) is 13.7. The summed E-state index contributed by atoms with van der Waals surface area (Å²) in [6.45, 7) is 0.748. The molecule has 1 unspecified atom stereocenters. The molecule has 1 atom stereocenters. The van der Waals surface area contributed by atoms with Crippen molar-refractivity contribution < 1.29 is 13.9 Å². The number of hydrogen-bond donors (Lipinski definition) is 2. The zero-order valence-corrected chi connectivity index (χ0v) is 15.7. The van der Waals surface area contributed by atoms with Gasteiger partial charge in [-0.1, -0.05) is 12.1 Å². The van der Waals surface area contributed by atoms with Crippen LogP contribution in [-0.4, -0.2) is 17.5 Å². The number of nitrogens with one attached hydrogen (secondary N) is 2. The molecule has 0 saturated heterocycles. The summed E-state index contributed by atoms with van der Waals surface area (Å²) in [4.78, 5) is 16.0. The molecule has 0 bridgehead atoms. The van der Waals surface area contributed by atoms with Crippen molar-refractivity contribution in [3.05, 3.63) is 64.6 Å². The van der Waals surface area contributed by atoms with E-state index in [-0.39, 0.29) is 17.8 Å². The summed E-state index contributed by atoms with van der Waals surface area (Å²) in [6.07, 6.45) is 4.94. The molecule has 5 rings (SSSR count). The summed E-state index contributed by atoms with van der Waals surface area (Å²) in [5.74, 6) is 0.804. The number of benzene rings is 2. The number of aromatic amines is 1. The number of rotatable bonds is 4. The first-order valence-corrected chi connectivity index (χ1v) is 10.0. The molecule has 2 aliphatic rings. The lowest BCUT2D eigenvalue weighted by atomic mass is 9.91. The van der Waals surface area contributed by atoms with Gasteiger partial charge in [-0.05, 0) is 66.6 Å². The summed E-state index contributed by atoms with van der Waals surface area (Å²) >= 11 is 0. The van der Waals surface area contributed by atoms with E-state index in [0.717, 1.165) is 66.6 Å². The van der Waals surface area contributed by atoms with Crippen LogP contribution >= 0.6 is 0 Å². The van der Waals surface area contributed by atoms with Crippen molar-refractivity contribution in [3.8, 4) is 5.75 Å². The van der Waals surface area contributed by atoms with Gasteiger partial charge >= 0.3 is 0 Å². The third-order valence-electron chi connectivity index (χ3n) is 5.90. The van der Waals surface area contributed by atoms with Gasteiger partial charge < -0.3 is 15.0 Å². The van der Waals surface area contributed by atoms with E-state index >= 15 is 0 Å². The molecule has 0 fully saturated rings. The van der Waals surface area contributed by atoms with Crippen LogP contribution in [0.15, 0.2) is 36.4 Å². The number of H-pyrrole nitrogens is 1. The number of hydrogen-bond acceptors (Lipinski definition) is 2. The maximum Gasteiger partial charge on any atom is 0.220 e. The predicted octanol–water partition coefficient (Wildman–Crippen LogP) is 4.37. The Hall–Kier alpha value is -2.82.